The van der Waals surface area contributed by atoms with Gasteiger partial charge in [-0.2, -0.15) is 0 Å². The van der Waals surface area contributed by atoms with Crippen LogP contribution in [0.25, 0.3) is 0 Å². The van der Waals surface area contributed by atoms with Gasteiger partial charge in [-0.15, -0.1) is 0 Å². The summed E-state index contributed by atoms with van der Waals surface area (Å²) >= 11 is 12.0. The number of H-pyrrole nitrogens is 1. The third-order valence-electron chi connectivity index (χ3n) is 2.83. The topological polar surface area (TPSA) is 101 Å². The first kappa shape index (κ1) is 16.3. The number of aromatic nitrogens is 2. The number of halogens is 2. The molecule has 21 heavy (non-hydrogen) atoms. The molecule has 9 heteroatoms. The van der Waals surface area contributed by atoms with Crippen molar-refractivity contribution in [3.8, 4) is 0 Å². The minimum absolute atomic E-state index is 0.0678. The lowest BCUT2D eigenvalue weighted by Gasteiger charge is -2.11. The SMILES string of the molecule is NCc1cc(Cl)cc(S(=O)(=O)NCCc2cnc[nH]2)c1Cl. The molecule has 1 aromatic carbocycles. The van der Waals surface area contributed by atoms with Crippen LogP contribution >= 0.6 is 23.2 Å². The predicted molar refractivity (Wildman–Crippen MR) is 81.8 cm³/mol. The molecule has 0 atom stereocenters. The van der Waals surface area contributed by atoms with Gasteiger partial charge in [-0.05, 0) is 17.7 Å². The van der Waals surface area contributed by atoms with E-state index in [2.05, 4.69) is 14.7 Å². The first-order valence-corrected chi connectivity index (χ1v) is 8.33. The second-order valence-electron chi connectivity index (χ2n) is 4.31. The van der Waals surface area contributed by atoms with Crippen LogP contribution in [-0.4, -0.2) is 24.9 Å². The van der Waals surface area contributed by atoms with E-state index in [0.29, 0.717) is 12.0 Å². The summed E-state index contributed by atoms with van der Waals surface area (Å²) in [6.45, 7) is 0.321. The fraction of sp³-hybridized carbons (Fsp3) is 0.250. The van der Waals surface area contributed by atoms with E-state index in [-0.39, 0.29) is 28.0 Å². The van der Waals surface area contributed by atoms with E-state index >= 15 is 0 Å². The maximum Gasteiger partial charge on any atom is 0.242 e. The molecule has 114 valence electrons. The second-order valence-corrected chi connectivity index (χ2v) is 6.86. The Morgan fingerprint density at radius 3 is 2.71 bits per heavy atom. The normalized spacial score (nSPS) is 11.8. The van der Waals surface area contributed by atoms with Crippen LogP contribution in [0, 0.1) is 0 Å². The van der Waals surface area contributed by atoms with Gasteiger partial charge in [0.15, 0.2) is 0 Å². The van der Waals surface area contributed by atoms with Gasteiger partial charge in [0, 0.05) is 36.4 Å². The molecular weight excluding hydrogens is 335 g/mol. The Balaban J connectivity index is 2.17. The number of nitrogens with one attached hydrogen (secondary N) is 2. The van der Waals surface area contributed by atoms with E-state index in [4.69, 9.17) is 28.9 Å². The lowest BCUT2D eigenvalue weighted by Crippen LogP contribution is -2.26. The van der Waals surface area contributed by atoms with Gasteiger partial charge < -0.3 is 10.7 Å². The van der Waals surface area contributed by atoms with E-state index in [0.717, 1.165) is 5.69 Å². The maximum absolute atomic E-state index is 12.3. The van der Waals surface area contributed by atoms with Crippen LogP contribution in [-0.2, 0) is 23.0 Å². The number of nitrogens with two attached hydrogens (primary N) is 1. The number of nitrogens with zero attached hydrogens (tertiary/aromatic N) is 1. The number of aromatic amines is 1. The van der Waals surface area contributed by atoms with Gasteiger partial charge in [0.25, 0.3) is 0 Å². The van der Waals surface area contributed by atoms with Crippen molar-refractivity contribution < 1.29 is 8.42 Å². The third kappa shape index (κ3) is 3.96. The smallest absolute Gasteiger partial charge is 0.242 e. The van der Waals surface area contributed by atoms with Gasteiger partial charge in [0.05, 0.1) is 11.3 Å². The monoisotopic (exact) mass is 348 g/mol. The Morgan fingerprint density at radius 2 is 2.10 bits per heavy atom. The molecule has 0 amide bonds. The highest BCUT2D eigenvalue weighted by Gasteiger charge is 2.20. The first-order valence-electron chi connectivity index (χ1n) is 6.09. The molecule has 0 aliphatic carbocycles. The van der Waals surface area contributed by atoms with Gasteiger partial charge in [0.2, 0.25) is 10.0 Å². The lowest BCUT2D eigenvalue weighted by molar-refractivity contribution is 0.581. The van der Waals surface area contributed by atoms with E-state index in [9.17, 15) is 8.42 Å². The van der Waals surface area contributed by atoms with Crippen LogP contribution in [0.4, 0.5) is 0 Å². The fourth-order valence-electron chi connectivity index (χ4n) is 1.78. The zero-order valence-electron chi connectivity index (χ0n) is 10.9. The Bertz CT molecular complexity index is 717. The minimum atomic E-state index is -3.76. The molecule has 2 aromatic rings. The summed E-state index contributed by atoms with van der Waals surface area (Å²) in [5.74, 6) is 0. The van der Waals surface area contributed by atoms with Gasteiger partial charge >= 0.3 is 0 Å². The molecule has 1 heterocycles. The standard InChI is InChI=1S/C12H14Cl2N4O2S/c13-9-3-8(5-15)12(14)11(4-9)21(19,20)18-2-1-10-6-16-7-17-10/h3-4,6-7,18H,1-2,5,15H2,(H,16,17). The molecule has 0 bridgehead atoms. The summed E-state index contributed by atoms with van der Waals surface area (Å²) in [5.41, 5.74) is 6.84. The number of sulfonamides is 1. The Morgan fingerprint density at radius 1 is 1.33 bits per heavy atom. The van der Waals surface area contributed by atoms with Crippen molar-refractivity contribution in [2.45, 2.75) is 17.9 Å². The summed E-state index contributed by atoms with van der Waals surface area (Å²) in [4.78, 5) is 6.68. The number of imidazole rings is 1. The number of hydrogen-bond acceptors (Lipinski definition) is 4. The number of rotatable bonds is 6. The molecule has 4 N–H and O–H groups in total. The highest BCUT2D eigenvalue weighted by atomic mass is 35.5. The largest absolute Gasteiger partial charge is 0.348 e. The average molecular weight is 349 g/mol. The second kappa shape index (κ2) is 6.76. The number of benzene rings is 1. The fourth-order valence-corrected chi connectivity index (χ4v) is 3.75. The van der Waals surface area contributed by atoms with Crippen molar-refractivity contribution in [1.29, 1.82) is 0 Å². The first-order chi connectivity index (χ1) is 9.94. The summed E-state index contributed by atoms with van der Waals surface area (Å²) in [6.07, 6.45) is 3.65. The average Bonchev–Trinajstić information content (AvgIpc) is 2.93. The van der Waals surface area contributed by atoms with Crippen LogP contribution in [0.2, 0.25) is 10.0 Å². The summed E-state index contributed by atoms with van der Waals surface area (Å²) in [6, 6.07) is 2.86. The van der Waals surface area contributed by atoms with Crippen LogP contribution < -0.4 is 10.5 Å². The molecule has 0 saturated heterocycles. The predicted octanol–water partition coefficient (Wildman–Crippen LogP) is 1.70. The van der Waals surface area contributed by atoms with E-state index in [1.54, 1.807) is 12.3 Å². The van der Waals surface area contributed by atoms with Crippen molar-refractivity contribution in [2.75, 3.05) is 6.54 Å². The molecule has 0 spiro atoms. The van der Waals surface area contributed by atoms with Gasteiger partial charge in [-0.1, -0.05) is 23.2 Å². The minimum Gasteiger partial charge on any atom is -0.348 e. The highest BCUT2D eigenvalue weighted by molar-refractivity contribution is 7.89. The van der Waals surface area contributed by atoms with E-state index < -0.39 is 10.0 Å². The molecule has 0 aliphatic heterocycles. The Hall–Kier alpha value is -1.12. The van der Waals surface area contributed by atoms with Crippen molar-refractivity contribution in [2.24, 2.45) is 5.73 Å². The summed E-state index contributed by atoms with van der Waals surface area (Å²) in [7, 11) is -3.76. The Labute approximate surface area is 132 Å². The molecule has 6 nitrogen and oxygen atoms in total. The molecular formula is C12H14Cl2N4O2S. The van der Waals surface area contributed by atoms with Gasteiger partial charge in [-0.25, -0.2) is 18.1 Å². The quantitative estimate of drug-likeness (QED) is 0.739. The van der Waals surface area contributed by atoms with Crippen molar-refractivity contribution in [3.05, 3.63) is 46.0 Å². The summed E-state index contributed by atoms with van der Waals surface area (Å²) < 4.78 is 27.0. The van der Waals surface area contributed by atoms with Crippen molar-refractivity contribution in [1.82, 2.24) is 14.7 Å². The van der Waals surface area contributed by atoms with Crippen molar-refractivity contribution in [3.63, 3.8) is 0 Å². The van der Waals surface area contributed by atoms with Crippen LogP contribution in [0.5, 0.6) is 0 Å². The molecule has 0 aliphatic rings. The Kier molecular flexibility index (Phi) is 5.23. The molecule has 0 saturated carbocycles. The van der Waals surface area contributed by atoms with E-state index in [1.807, 2.05) is 0 Å². The lowest BCUT2D eigenvalue weighted by atomic mass is 10.2. The van der Waals surface area contributed by atoms with Crippen LogP contribution in [0.1, 0.15) is 11.3 Å². The third-order valence-corrected chi connectivity index (χ3v) is 5.09. The molecule has 1 aromatic heterocycles. The molecule has 2 rings (SSSR count). The highest BCUT2D eigenvalue weighted by Crippen LogP contribution is 2.29. The summed E-state index contributed by atoms with van der Waals surface area (Å²) in [5, 5.41) is 0.365. The maximum atomic E-state index is 12.3. The molecule has 0 radical (unpaired) electrons. The van der Waals surface area contributed by atoms with Crippen molar-refractivity contribution >= 4 is 33.2 Å². The van der Waals surface area contributed by atoms with Crippen LogP contribution in [0.3, 0.4) is 0 Å². The van der Waals surface area contributed by atoms with Gasteiger partial charge in [-0.3, -0.25) is 0 Å². The van der Waals surface area contributed by atoms with Crippen LogP contribution in [0.15, 0.2) is 29.6 Å². The molecule has 0 unspecified atom stereocenters. The number of hydrogen-bond donors (Lipinski definition) is 3. The van der Waals surface area contributed by atoms with Gasteiger partial charge in [0.1, 0.15) is 4.90 Å². The zero-order valence-corrected chi connectivity index (χ0v) is 13.3. The van der Waals surface area contributed by atoms with E-state index in [1.165, 1.54) is 12.4 Å². The molecule has 0 fully saturated rings. The zero-order chi connectivity index (χ0) is 15.5.